The average molecular weight is 508 g/mol. The molecule has 0 bridgehead atoms. The number of hydrogen-bond acceptors (Lipinski definition) is 7. The van der Waals surface area contributed by atoms with Crippen LogP contribution < -0.4 is 14.4 Å². The first-order valence-electron chi connectivity index (χ1n) is 11.9. The standard InChI is InChI=1S/C26H25N3O6S/c30-25-17-22(26(31)29(25)20-6-5-18-3-1-2-4-19(18)15-20)27-9-11-28(12-10-27)36(32,33)21-7-8-23-24(16-21)35-14-13-34-23/h1-8,15-16,22H,9-14,17H2/t22-/m1/s1. The van der Waals surface area contributed by atoms with Crippen LogP contribution in [0.5, 0.6) is 11.5 Å². The maximum absolute atomic E-state index is 13.3. The third kappa shape index (κ3) is 3.91. The number of sulfonamides is 1. The topological polar surface area (TPSA) is 96.5 Å². The molecule has 6 rings (SSSR count). The molecule has 9 nitrogen and oxygen atoms in total. The largest absolute Gasteiger partial charge is 0.486 e. The highest BCUT2D eigenvalue weighted by molar-refractivity contribution is 7.89. The van der Waals surface area contributed by atoms with Gasteiger partial charge in [-0.15, -0.1) is 0 Å². The van der Waals surface area contributed by atoms with Crippen LogP contribution in [0.3, 0.4) is 0 Å². The normalized spacial score (nSPS) is 21.3. The highest BCUT2D eigenvalue weighted by atomic mass is 32.2. The number of piperazine rings is 1. The molecule has 0 radical (unpaired) electrons. The van der Waals surface area contributed by atoms with Crippen LogP contribution in [-0.2, 0) is 19.6 Å². The summed E-state index contributed by atoms with van der Waals surface area (Å²) >= 11 is 0. The quantitative estimate of drug-likeness (QED) is 0.500. The van der Waals surface area contributed by atoms with E-state index in [1.807, 2.05) is 41.3 Å². The first-order valence-corrected chi connectivity index (χ1v) is 13.4. The molecule has 0 aliphatic carbocycles. The number of hydrogen-bond donors (Lipinski definition) is 0. The Morgan fingerprint density at radius 2 is 1.50 bits per heavy atom. The van der Waals surface area contributed by atoms with Gasteiger partial charge in [-0.25, -0.2) is 13.3 Å². The Hall–Kier alpha value is -3.47. The summed E-state index contributed by atoms with van der Waals surface area (Å²) in [7, 11) is -3.73. The fourth-order valence-electron chi connectivity index (χ4n) is 5.08. The van der Waals surface area contributed by atoms with Gasteiger partial charge in [-0.3, -0.25) is 14.5 Å². The van der Waals surface area contributed by atoms with E-state index in [4.69, 9.17) is 9.47 Å². The zero-order valence-electron chi connectivity index (χ0n) is 19.5. The van der Waals surface area contributed by atoms with Crippen LogP contribution in [-0.4, -0.2) is 74.9 Å². The summed E-state index contributed by atoms with van der Waals surface area (Å²) in [4.78, 5) is 29.5. The Kier molecular flexibility index (Phi) is 5.66. The molecule has 0 unspecified atom stereocenters. The highest BCUT2D eigenvalue weighted by Gasteiger charge is 2.44. The van der Waals surface area contributed by atoms with Crippen molar-refractivity contribution in [2.24, 2.45) is 0 Å². The van der Waals surface area contributed by atoms with E-state index >= 15 is 0 Å². The Labute approximate surface area is 208 Å². The Morgan fingerprint density at radius 3 is 2.28 bits per heavy atom. The predicted molar refractivity (Wildman–Crippen MR) is 133 cm³/mol. The Morgan fingerprint density at radius 1 is 0.778 bits per heavy atom. The number of fused-ring (bicyclic) bond motifs is 2. The zero-order valence-corrected chi connectivity index (χ0v) is 20.3. The number of amides is 2. The van der Waals surface area contributed by atoms with Gasteiger partial charge >= 0.3 is 0 Å². The van der Waals surface area contributed by atoms with E-state index in [1.54, 1.807) is 12.1 Å². The molecule has 3 aliphatic heterocycles. The van der Waals surface area contributed by atoms with Gasteiger partial charge in [-0.05, 0) is 35.0 Å². The minimum atomic E-state index is -3.73. The first-order chi connectivity index (χ1) is 17.4. The van der Waals surface area contributed by atoms with Crippen LogP contribution in [0, 0.1) is 0 Å². The molecule has 3 aromatic carbocycles. The maximum Gasteiger partial charge on any atom is 0.251 e. The van der Waals surface area contributed by atoms with E-state index in [2.05, 4.69) is 0 Å². The molecule has 0 saturated carbocycles. The third-order valence-electron chi connectivity index (χ3n) is 6.98. The second-order valence-corrected chi connectivity index (χ2v) is 11.0. The van der Waals surface area contributed by atoms with Crippen molar-refractivity contribution in [1.29, 1.82) is 0 Å². The monoisotopic (exact) mass is 507 g/mol. The molecule has 186 valence electrons. The fourth-order valence-corrected chi connectivity index (χ4v) is 6.52. The van der Waals surface area contributed by atoms with Gasteiger partial charge in [-0.2, -0.15) is 4.31 Å². The predicted octanol–water partition coefficient (Wildman–Crippen LogP) is 2.25. The summed E-state index contributed by atoms with van der Waals surface area (Å²) < 4.78 is 38.9. The molecule has 2 saturated heterocycles. The van der Waals surface area contributed by atoms with Gasteiger partial charge in [0.15, 0.2) is 11.5 Å². The van der Waals surface area contributed by atoms with Gasteiger partial charge in [0, 0.05) is 32.2 Å². The van der Waals surface area contributed by atoms with E-state index in [9.17, 15) is 18.0 Å². The van der Waals surface area contributed by atoms with Gasteiger partial charge in [0.25, 0.3) is 5.91 Å². The van der Waals surface area contributed by atoms with Crippen molar-refractivity contribution in [3.63, 3.8) is 0 Å². The number of ether oxygens (including phenoxy) is 2. The van der Waals surface area contributed by atoms with Crippen molar-refractivity contribution in [2.75, 3.05) is 44.3 Å². The first kappa shape index (κ1) is 23.0. The zero-order chi connectivity index (χ0) is 24.9. The molecule has 10 heteroatoms. The Bertz CT molecular complexity index is 1470. The summed E-state index contributed by atoms with van der Waals surface area (Å²) in [6, 6.07) is 17.4. The minimum Gasteiger partial charge on any atom is -0.486 e. The maximum atomic E-state index is 13.3. The lowest BCUT2D eigenvalue weighted by Crippen LogP contribution is -2.53. The van der Waals surface area contributed by atoms with Gasteiger partial charge in [0.1, 0.15) is 13.2 Å². The third-order valence-corrected chi connectivity index (χ3v) is 8.87. The van der Waals surface area contributed by atoms with Gasteiger partial charge in [0.2, 0.25) is 15.9 Å². The van der Waals surface area contributed by atoms with Gasteiger partial charge < -0.3 is 9.47 Å². The SMILES string of the molecule is O=C1C[C@@H](N2CCN(S(=O)(=O)c3ccc4c(c3)OCCO4)CC2)C(=O)N1c1ccc2ccccc2c1. The van der Waals surface area contributed by atoms with Crippen LogP contribution in [0.2, 0.25) is 0 Å². The van der Waals surface area contributed by atoms with Gasteiger partial charge in [0.05, 0.1) is 23.0 Å². The number of nitrogens with zero attached hydrogens (tertiary/aromatic N) is 3. The molecule has 3 aliphatic rings. The summed E-state index contributed by atoms with van der Waals surface area (Å²) in [6.45, 7) is 1.98. The summed E-state index contributed by atoms with van der Waals surface area (Å²) in [6.07, 6.45) is 0.0839. The molecule has 3 heterocycles. The van der Waals surface area contributed by atoms with E-state index in [0.717, 1.165) is 10.8 Å². The lowest BCUT2D eigenvalue weighted by molar-refractivity contribution is -0.123. The minimum absolute atomic E-state index is 0.0839. The van der Waals surface area contributed by atoms with Crippen LogP contribution in [0.4, 0.5) is 5.69 Å². The number of carbonyl (C=O) groups excluding carboxylic acids is 2. The van der Waals surface area contributed by atoms with E-state index < -0.39 is 16.1 Å². The molecule has 1 atom stereocenters. The summed E-state index contributed by atoms with van der Waals surface area (Å²) in [5.41, 5.74) is 0.561. The number of benzene rings is 3. The molecule has 3 aromatic rings. The number of rotatable bonds is 4. The van der Waals surface area contributed by atoms with Crippen molar-refractivity contribution in [3.05, 3.63) is 60.7 Å². The number of imide groups is 1. The summed E-state index contributed by atoms with van der Waals surface area (Å²) in [5, 5.41) is 1.99. The molecular weight excluding hydrogens is 482 g/mol. The molecule has 0 N–H and O–H groups in total. The number of anilines is 1. The van der Waals surface area contributed by atoms with E-state index in [1.165, 1.54) is 21.3 Å². The molecule has 2 fully saturated rings. The molecule has 2 amide bonds. The number of carbonyl (C=O) groups is 2. The summed E-state index contributed by atoms with van der Waals surface area (Å²) in [5.74, 6) is 0.445. The second-order valence-electron chi connectivity index (χ2n) is 9.06. The lowest BCUT2D eigenvalue weighted by Gasteiger charge is -2.36. The highest BCUT2D eigenvalue weighted by Crippen LogP contribution is 2.34. The smallest absolute Gasteiger partial charge is 0.251 e. The van der Waals surface area contributed by atoms with Crippen LogP contribution >= 0.6 is 0 Å². The second kappa shape index (κ2) is 8.88. The van der Waals surface area contributed by atoms with Crippen molar-refractivity contribution in [1.82, 2.24) is 9.21 Å². The lowest BCUT2D eigenvalue weighted by atomic mass is 10.1. The van der Waals surface area contributed by atoms with Crippen LogP contribution in [0.15, 0.2) is 65.6 Å². The van der Waals surface area contributed by atoms with Crippen LogP contribution in [0.1, 0.15) is 6.42 Å². The molecule has 0 spiro atoms. The van der Waals surface area contributed by atoms with Crippen LogP contribution in [0.25, 0.3) is 10.8 Å². The molecular formula is C26H25N3O6S. The van der Waals surface area contributed by atoms with E-state index in [-0.39, 0.29) is 36.2 Å². The molecule has 0 aromatic heterocycles. The fraction of sp³-hybridized carbons (Fsp3) is 0.308. The van der Waals surface area contributed by atoms with Gasteiger partial charge in [-0.1, -0.05) is 30.3 Å². The van der Waals surface area contributed by atoms with Crippen molar-refractivity contribution in [3.8, 4) is 11.5 Å². The van der Waals surface area contributed by atoms with E-state index in [0.29, 0.717) is 43.5 Å². The Balaban J connectivity index is 1.15. The van der Waals surface area contributed by atoms with Crippen molar-refractivity contribution in [2.45, 2.75) is 17.4 Å². The average Bonchev–Trinajstić information content (AvgIpc) is 3.21. The molecule has 36 heavy (non-hydrogen) atoms. The van der Waals surface area contributed by atoms with Crippen molar-refractivity contribution < 1.29 is 27.5 Å². The van der Waals surface area contributed by atoms with Crippen molar-refractivity contribution >= 4 is 38.3 Å².